The molecule has 0 radical (unpaired) electrons. The van der Waals surface area contributed by atoms with Crippen LogP contribution in [-0.2, 0) is 10.0 Å². The Morgan fingerprint density at radius 3 is 2.33 bits per heavy atom. The Hall–Kier alpha value is -2.52. The van der Waals surface area contributed by atoms with Gasteiger partial charge in [0.2, 0.25) is 0 Å². The summed E-state index contributed by atoms with van der Waals surface area (Å²) in [7, 11) is -4.01. The lowest BCUT2D eigenvalue weighted by molar-refractivity contribution is 0.0713. The summed E-state index contributed by atoms with van der Waals surface area (Å²) in [6.07, 6.45) is 8.24. The summed E-state index contributed by atoms with van der Waals surface area (Å²) in [6, 6.07) is 6.74. The number of amides is 1. The fraction of sp³-hybridized carbons (Fsp3) is 0.500. The van der Waals surface area contributed by atoms with Gasteiger partial charge in [0.15, 0.2) is 5.03 Å². The van der Waals surface area contributed by atoms with E-state index in [0.717, 1.165) is 44.1 Å². The van der Waals surface area contributed by atoms with E-state index in [1.807, 2.05) is 12.1 Å². The van der Waals surface area contributed by atoms with Gasteiger partial charge < -0.3 is 10.2 Å². The summed E-state index contributed by atoms with van der Waals surface area (Å²) in [5.41, 5.74) is 2.37. The monoisotopic (exact) mass is 474 g/mol. The number of carbonyl (C=O) groups is 1. The molecule has 1 aliphatic carbocycles. The molecule has 2 aliphatic rings. The van der Waals surface area contributed by atoms with E-state index in [-0.39, 0.29) is 28.7 Å². The van der Waals surface area contributed by atoms with Gasteiger partial charge in [-0.2, -0.15) is 0 Å². The molecule has 2 fully saturated rings. The molecule has 7 nitrogen and oxygen atoms in total. The number of nitrogens with zero attached hydrogens (tertiary/aromatic N) is 2. The van der Waals surface area contributed by atoms with Crippen LogP contribution in [0.5, 0.6) is 0 Å². The van der Waals surface area contributed by atoms with E-state index in [4.69, 9.17) is 5.14 Å². The highest BCUT2D eigenvalue weighted by Crippen LogP contribution is 2.32. The van der Waals surface area contributed by atoms with Crippen molar-refractivity contribution in [2.45, 2.75) is 68.9 Å². The van der Waals surface area contributed by atoms with Crippen LogP contribution in [0, 0.1) is 12.7 Å². The third-order valence-electron chi connectivity index (χ3n) is 6.85. The zero-order valence-corrected chi connectivity index (χ0v) is 19.7. The number of pyridine rings is 1. The van der Waals surface area contributed by atoms with Gasteiger partial charge in [0.05, 0.1) is 11.3 Å². The van der Waals surface area contributed by atoms with Crippen LogP contribution in [-0.4, -0.2) is 43.3 Å². The van der Waals surface area contributed by atoms with Crippen molar-refractivity contribution in [3.63, 3.8) is 0 Å². The second kappa shape index (κ2) is 9.77. The first-order valence-electron chi connectivity index (χ1n) is 11.6. The number of hydrogen-bond donors (Lipinski definition) is 2. The van der Waals surface area contributed by atoms with E-state index < -0.39 is 10.0 Å². The maximum absolute atomic E-state index is 13.5. The van der Waals surface area contributed by atoms with Crippen LogP contribution in [0.3, 0.4) is 0 Å². The Kier molecular flexibility index (Phi) is 6.99. The molecule has 0 bridgehead atoms. The second-order valence-corrected chi connectivity index (χ2v) is 10.6. The van der Waals surface area contributed by atoms with E-state index in [2.05, 4.69) is 10.3 Å². The molecule has 2 heterocycles. The number of hydrogen-bond acceptors (Lipinski definition) is 5. The SMILES string of the molecule is Cc1c(S(N)(=O)=O)ncc(C(=O)N2CCC(c3ccc(F)cc3)CC2)c1NC1CCCCC1. The van der Waals surface area contributed by atoms with Crippen molar-refractivity contribution in [3.8, 4) is 0 Å². The number of rotatable bonds is 5. The molecule has 0 spiro atoms. The number of likely N-dealkylation sites (tertiary alicyclic amines) is 1. The van der Waals surface area contributed by atoms with Gasteiger partial charge in [-0.15, -0.1) is 0 Å². The van der Waals surface area contributed by atoms with Crippen molar-refractivity contribution >= 4 is 21.6 Å². The summed E-state index contributed by atoms with van der Waals surface area (Å²) in [6.45, 7) is 2.79. The fourth-order valence-electron chi connectivity index (χ4n) is 5.00. The lowest BCUT2D eigenvalue weighted by atomic mass is 9.89. The highest BCUT2D eigenvalue weighted by atomic mass is 32.2. The average Bonchev–Trinajstić information content (AvgIpc) is 2.80. The van der Waals surface area contributed by atoms with Gasteiger partial charge in [0, 0.05) is 30.9 Å². The molecule has 4 rings (SSSR count). The van der Waals surface area contributed by atoms with Crippen LogP contribution in [0.1, 0.15) is 72.3 Å². The van der Waals surface area contributed by atoms with Crippen molar-refractivity contribution in [3.05, 3.63) is 53.0 Å². The van der Waals surface area contributed by atoms with Crippen LogP contribution < -0.4 is 10.5 Å². The maximum Gasteiger partial charge on any atom is 0.257 e. The first-order chi connectivity index (χ1) is 15.7. The molecule has 2 aromatic rings. The third-order valence-corrected chi connectivity index (χ3v) is 7.80. The van der Waals surface area contributed by atoms with E-state index in [9.17, 15) is 17.6 Å². The summed E-state index contributed by atoms with van der Waals surface area (Å²) >= 11 is 0. The average molecular weight is 475 g/mol. The van der Waals surface area contributed by atoms with Crippen molar-refractivity contribution < 1.29 is 17.6 Å². The number of anilines is 1. The summed E-state index contributed by atoms with van der Waals surface area (Å²) < 4.78 is 37.3. The molecule has 178 valence electrons. The van der Waals surface area contributed by atoms with Crippen LogP contribution >= 0.6 is 0 Å². The number of primary sulfonamides is 1. The van der Waals surface area contributed by atoms with Crippen molar-refractivity contribution in [2.24, 2.45) is 5.14 Å². The van der Waals surface area contributed by atoms with Crippen molar-refractivity contribution in [2.75, 3.05) is 18.4 Å². The lowest BCUT2D eigenvalue weighted by Gasteiger charge is -2.33. The zero-order valence-electron chi connectivity index (χ0n) is 18.9. The quantitative estimate of drug-likeness (QED) is 0.683. The van der Waals surface area contributed by atoms with E-state index in [0.29, 0.717) is 29.9 Å². The summed E-state index contributed by atoms with van der Waals surface area (Å²) in [5, 5.41) is 8.62. The molecule has 3 N–H and O–H groups in total. The lowest BCUT2D eigenvalue weighted by Crippen LogP contribution is -2.39. The number of halogens is 1. The third kappa shape index (κ3) is 5.35. The summed E-state index contributed by atoms with van der Waals surface area (Å²) in [5.74, 6) is -0.142. The molecule has 0 unspecified atom stereocenters. The minimum atomic E-state index is -4.01. The Bertz CT molecular complexity index is 1110. The number of aromatic nitrogens is 1. The molecule has 1 aliphatic heterocycles. The van der Waals surface area contributed by atoms with Crippen LogP contribution in [0.15, 0.2) is 35.5 Å². The molecule has 9 heteroatoms. The Morgan fingerprint density at radius 2 is 1.73 bits per heavy atom. The topological polar surface area (TPSA) is 105 Å². The van der Waals surface area contributed by atoms with Crippen molar-refractivity contribution in [1.82, 2.24) is 9.88 Å². The fourth-order valence-corrected chi connectivity index (χ4v) is 5.73. The Labute approximate surface area is 194 Å². The highest BCUT2D eigenvalue weighted by Gasteiger charge is 2.29. The van der Waals surface area contributed by atoms with Gasteiger partial charge in [-0.05, 0) is 56.2 Å². The maximum atomic E-state index is 13.5. The molecule has 1 amide bonds. The first kappa shape index (κ1) is 23.6. The minimum Gasteiger partial charge on any atom is -0.381 e. The number of benzene rings is 1. The normalized spacial score (nSPS) is 18.3. The van der Waals surface area contributed by atoms with Crippen LogP contribution in [0.25, 0.3) is 0 Å². The van der Waals surface area contributed by atoms with E-state index >= 15 is 0 Å². The predicted octanol–water partition coefficient (Wildman–Crippen LogP) is 3.94. The molecule has 1 saturated carbocycles. The van der Waals surface area contributed by atoms with E-state index in [1.165, 1.54) is 24.8 Å². The van der Waals surface area contributed by atoms with Crippen molar-refractivity contribution in [1.29, 1.82) is 0 Å². The first-order valence-corrected chi connectivity index (χ1v) is 13.1. The van der Waals surface area contributed by atoms with Crippen LogP contribution in [0.2, 0.25) is 0 Å². The number of nitrogens with one attached hydrogen (secondary N) is 1. The minimum absolute atomic E-state index is 0.164. The number of sulfonamides is 1. The molecule has 1 aromatic carbocycles. The molecule has 0 atom stereocenters. The number of piperidine rings is 1. The van der Waals surface area contributed by atoms with Gasteiger partial charge >= 0.3 is 0 Å². The molecular formula is C24H31FN4O3S. The second-order valence-electron chi connectivity index (χ2n) is 9.12. The smallest absolute Gasteiger partial charge is 0.257 e. The molecular weight excluding hydrogens is 443 g/mol. The van der Waals surface area contributed by atoms with Crippen LogP contribution in [0.4, 0.5) is 10.1 Å². The molecule has 33 heavy (non-hydrogen) atoms. The Morgan fingerprint density at radius 1 is 1.09 bits per heavy atom. The number of nitrogens with two attached hydrogens (primary N) is 1. The van der Waals surface area contributed by atoms with Gasteiger partial charge in [0.25, 0.3) is 15.9 Å². The summed E-state index contributed by atoms with van der Waals surface area (Å²) in [4.78, 5) is 19.3. The molecule has 1 aromatic heterocycles. The zero-order chi connectivity index (χ0) is 23.6. The van der Waals surface area contributed by atoms with Gasteiger partial charge in [0.1, 0.15) is 5.82 Å². The van der Waals surface area contributed by atoms with Gasteiger partial charge in [-0.25, -0.2) is 22.9 Å². The highest BCUT2D eigenvalue weighted by molar-refractivity contribution is 7.89. The van der Waals surface area contributed by atoms with E-state index in [1.54, 1.807) is 11.8 Å². The molecule has 1 saturated heterocycles. The largest absolute Gasteiger partial charge is 0.381 e. The predicted molar refractivity (Wildman–Crippen MR) is 125 cm³/mol. The Balaban J connectivity index is 1.56. The van der Waals surface area contributed by atoms with Gasteiger partial charge in [-0.3, -0.25) is 4.79 Å². The standard InChI is InChI=1S/C24H31FN4O3S/c1-16-22(28-20-5-3-2-4-6-20)21(15-27-23(16)33(26,31)32)24(30)29-13-11-18(12-14-29)17-7-9-19(25)10-8-17/h7-10,15,18,20H,2-6,11-14H2,1H3,(H,27,28)(H2,26,31,32). The number of carbonyl (C=O) groups excluding carboxylic acids is 1. The van der Waals surface area contributed by atoms with Gasteiger partial charge in [-0.1, -0.05) is 31.4 Å².